The number of benzene rings is 1. The van der Waals surface area contributed by atoms with Crippen LogP contribution in [0.2, 0.25) is 0 Å². The highest BCUT2D eigenvalue weighted by molar-refractivity contribution is 7.90. The second kappa shape index (κ2) is 6.93. The van der Waals surface area contributed by atoms with Crippen LogP contribution >= 0.6 is 0 Å². The van der Waals surface area contributed by atoms with Crippen molar-refractivity contribution in [2.45, 2.75) is 37.0 Å². The van der Waals surface area contributed by atoms with Gasteiger partial charge in [-0.3, -0.25) is 9.78 Å². The lowest BCUT2D eigenvalue weighted by Gasteiger charge is -2.23. The summed E-state index contributed by atoms with van der Waals surface area (Å²) in [6.45, 7) is 2.63. The second-order valence-corrected chi connectivity index (χ2v) is 7.96. The van der Waals surface area contributed by atoms with Crippen LogP contribution in [-0.2, 0) is 29.2 Å². The first-order valence-corrected chi connectivity index (χ1v) is 9.50. The quantitative estimate of drug-likeness (QED) is 0.827. The number of rotatable bonds is 3. The van der Waals surface area contributed by atoms with Crippen molar-refractivity contribution in [1.82, 2.24) is 15.0 Å². The number of hydrogen-bond donors (Lipinski definition) is 2. The molecule has 2 heterocycles. The number of carbonyl (C=O) groups is 1. The van der Waals surface area contributed by atoms with Gasteiger partial charge >= 0.3 is 6.18 Å². The van der Waals surface area contributed by atoms with Gasteiger partial charge in [0.25, 0.3) is 15.9 Å². The monoisotopic (exact) mass is 399 g/mol. The van der Waals surface area contributed by atoms with Gasteiger partial charge in [-0.15, -0.1) is 0 Å². The molecule has 0 saturated heterocycles. The van der Waals surface area contributed by atoms with Gasteiger partial charge in [0.1, 0.15) is 5.69 Å². The lowest BCUT2D eigenvalue weighted by Crippen LogP contribution is -2.34. The number of sulfonamides is 1. The molecule has 1 unspecified atom stereocenters. The van der Waals surface area contributed by atoms with E-state index in [1.807, 2.05) is 11.6 Å². The summed E-state index contributed by atoms with van der Waals surface area (Å²) < 4.78 is 64.6. The molecule has 0 saturated carbocycles. The Bertz CT molecular complexity index is 990. The Labute approximate surface area is 153 Å². The number of pyridine rings is 1. The molecule has 2 N–H and O–H groups in total. The van der Waals surface area contributed by atoms with Gasteiger partial charge in [-0.1, -0.05) is 6.07 Å². The minimum Gasteiger partial charge on any atom is -0.310 e. The van der Waals surface area contributed by atoms with Crippen LogP contribution in [0.3, 0.4) is 0 Å². The number of carbonyl (C=O) groups excluding carboxylic acids is 1. The third-order valence-corrected chi connectivity index (χ3v) is 5.52. The molecule has 1 aliphatic heterocycles. The van der Waals surface area contributed by atoms with Crippen LogP contribution in [0.25, 0.3) is 0 Å². The molecule has 2 aromatic rings. The fraction of sp³-hybridized carbons (Fsp3) is 0.294. The minimum atomic E-state index is -4.79. The van der Waals surface area contributed by atoms with Crippen molar-refractivity contribution in [3.8, 4) is 0 Å². The highest BCUT2D eigenvalue weighted by atomic mass is 32.2. The van der Waals surface area contributed by atoms with Crippen molar-refractivity contribution >= 4 is 15.9 Å². The molecule has 144 valence electrons. The molecule has 1 atom stereocenters. The van der Waals surface area contributed by atoms with E-state index in [0.717, 1.165) is 23.4 Å². The molecule has 0 fully saturated rings. The van der Waals surface area contributed by atoms with Gasteiger partial charge in [0, 0.05) is 24.3 Å². The van der Waals surface area contributed by atoms with Gasteiger partial charge in [-0.05, 0) is 48.7 Å². The van der Waals surface area contributed by atoms with Gasteiger partial charge in [0.2, 0.25) is 0 Å². The number of fused-ring (bicyclic) bond motifs is 1. The number of nitrogens with one attached hydrogen (secondary N) is 2. The Morgan fingerprint density at radius 2 is 1.96 bits per heavy atom. The maximum atomic E-state index is 12.7. The van der Waals surface area contributed by atoms with Crippen molar-refractivity contribution in [2.75, 3.05) is 0 Å². The van der Waals surface area contributed by atoms with Crippen LogP contribution in [0.4, 0.5) is 13.2 Å². The molecular weight excluding hydrogens is 383 g/mol. The van der Waals surface area contributed by atoms with Crippen molar-refractivity contribution < 1.29 is 26.4 Å². The van der Waals surface area contributed by atoms with E-state index < -0.39 is 32.7 Å². The molecule has 0 spiro atoms. The molecule has 0 aliphatic carbocycles. The molecule has 10 heteroatoms. The molecule has 1 aliphatic rings. The summed E-state index contributed by atoms with van der Waals surface area (Å²) in [6.07, 6.45) is -3.38. The number of nitrogens with zero attached hydrogens (tertiary/aromatic N) is 1. The molecular formula is C17H16F3N3O3S. The van der Waals surface area contributed by atoms with Gasteiger partial charge in [0.05, 0.1) is 4.90 Å². The zero-order chi connectivity index (χ0) is 19.8. The Hall–Kier alpha value is -2.46. The van der Waals surface area contributed by atoms with E-state index >= 15 is 0 Å². The summed E-state index contributed by atoms with van der Waals surface area (Å²) in [6, 6.07) is 6.31. The first kappa shape index (κ1) is 19.3. The van der Waals surface area contributed by atoms with Crippen molar-refractivity contribution in [1.29, 1.82) is 0 Å². The first-order valence-electron chi connectivity index (χ1n) is 8.02. The summed E-state index contributed by atoms with van der Waals surface area (Å²) in [5.74, 6) is -0.908. The Balaban J connectivity index is 1.84. The SMILES string of the molecule is CC1Cc2cc(C(=O)NS(=O)(=O)c3ccnc(C(F)(F)F)c3)ccc2CN1. The molecule has 6 nitrogen and oxygen atoms in total. The number of aromatic nitrogens is 1. The molecule has 1 aromatic heterocycles. The summed E-state index contributed by atoms with van der Waals surface area (Å²) in [5.41, 5.74) is 0.704. The molecule has 0 bridgehead atoms. The molecule has 27 heavy (non-hydrogen) atoms. The van der Waals surface area contributed by atoms with Crippen LogP contribution in [0.1, 0.15) is 34.1 Å². The lowest BCUT2D eigenvalue weighted by atomic mass is 9.94. The van der Waals surface area contributed by atoms with Crippen LogP contribution in [0, 0.1) is 0 Å². The van der Waals surface area contributed by atoms with Gasteiger partial charge in [-0.25, -0.2) is 13.1 Å². The Morgan fingerprint density at radius 3 is 2.67 bits per heavy atom. The normalized spacial score (nSPS) is 17.3. The fourth-order valence-corrected chi connectivity index (χ4v) is 3.78. The average Bonchev–Trinajstić information content (AvgIpc) is 2.60. The zero-order valence-corrected chi connectivity index (χ0v) is 15.0. The Kier molecular flexibility index (Phi) is 4.96. The van der Waals surface area contributed by atoms with Crippen molar-refractivity contribution in [3.05, 3.63) is 58.9 Å². The van der Waals surface area contributed by atoms with Gasteiger partial charge in [0.15, 0.2) is 0 Å². The number of hydrogen-bond acceptors (Lipinski definition) is 5. The highest BCUT2D eigenvalue weighted by Crippen LogP contribution is 2.28. The third-order valence-electron chi connectivity index (χ3n) is 4.19. The largest absolute Gasteiger partial charge is 0.433 e. The van der Waals surface area contributed by atoms with E-state index in [0.29, 0.717) is 19.0 Å². The fourth-order valence-electron chi connectivity index (χ4n) is 2.79. The molecule has 0 radical (unpaired) electrons. The maximum absolute atomic E-state index is 12.7. The van der Waals surface area contributed by atoms with E-state index in [2.05, 4.69) is 10.3 Å². The predicted octanol–water partition coefficient (Wildman–Crippen LogP) is 2.25. The predicted molar refractivity (Wildman–Crippen MR) is 90.3 cm³/mol. The zero-order valence-electron chi connectivity index (χ0n) is 14.2. The second-order valence-electron chi connectivity index (χ2n) is 6.28. The topological polar surface area (TPSA) is 88.2 Å². The third kappa shape index (κ3) is 4.28. The summed E-state index contributed by atoms with van der Waals surface area (Å²) >= 11 is 0. The lowest BCUT2D eigenvalue weighted by molar-refractivity contribution is -0.141. The minimum absolute atomic E-state index is 0.122. The van der Waals surface area contributed by atoms with Gasteiger partial charge < -0.3 is 5.32 Å². The smallest absolute Gasteiger partial charge is 0.310 e. The standard InChI is InChI=1S/C17H16F3N3O3S/c1-10-6-13-7-11(2-3-12(13)9-22-10)16(24)23-27(25,26)14-4-5-21-15(8-14)17(18,19)20/h2-5,7-8,10,22H,6,9H2,1H3,(H,23,24). The van der Waals surface area contributed by atoms with E-state index in [1.54, 1.807) is 12.1 Å². The summed E-state index contributed by atoms with van der Waals surface area (Å²) in [4.78, 5) is 14.8. The maximum Gasteiger partial charge on any atom is 0.433 e. The van der Waals surface area contributed by atoms with Crippen molar-refractivity contribution in [2.24, 2.45) is 0 Å². The van der Waals surface area contributed by atoms with E-state index in [1.165, 1.54) is 6.07 Å². The van der Waals surface area contributed by atoms with E-state index in [-0.39, 0.29) is 11.6 Å². The number of halogens is 3. The molecule has 1 amide bonds. The van der Waals surface area contributed by atoms with Crippen LogP contribution < -0.4 is 10.0 Å². The summed E-state index contributed by atoms with van der Waals surface area (Å²) in [5, 5.41) is 3.27. The number of amides is 1. The first-order chi connectivity index (χ1) is 12.6. The van der Waals surface area contributed by atoms with Crippen LogP contribution in [-0.4, -0.2) is 25.4 Å². The Morgan fingerprint density at radius 1 is 1.22 bits per heavy atom. The van der Waals surface area contributed by atoms with Gasteiger partial charge in [-0.2, -0.15) is 13.2 Å². The average molecular weight is 399 g/mol. The van der Waals surface area contributed by atoms with Crippen LogP contribution in [0.15, 0.2) is 41.4 Å². The number of alkyl halides is 3. The highest BCUT2D eigenvalue weighted by Gasteiger charge is 2.34. The summed E-state index contributed by atoms with van der Waals surface area (Å²) in [7, 11) is -4.47. The van der Waals surface area contributed by atoms with E-state index in [9.17, 15) is 26.4 Å². The molecule has 3 rings (SSSR count). The van der Waals surface area contributed by atoms with E-state index in [4.69, 9.17) is 0 Å². The van der Waals surface area contributed by atoms with Crippen LogP contribution in [0.5, 0.6) is 0 Å². The van der Waals surface area contributed by atoms with Crippen molar-refractivity contribution in [3.63, 3.8) is 0 Å². The molecule has 1 aromatic carbocycles.